The molecule has 0 aromatic heterocycles. The molecule has 9 heteroatoms. The lowest BCUT2D eigenvalue weighted by Gasteiger charge is -2.17. The van der Waals surface area contributed by atoms with Crippen LogP contribution in [0.1, 0.15) is 27.8 Å². The molecule has 0 saturated carbocycles. The summed E-state index contributed by atoms with van der Waals surface area (Å²) in [5, 5.41) is 12.2. The third-order valence-corrected chi connectivity index (χ3v) is 6.87. The molecule has 0 aliphatic carbocycles. The van der Waals surface area contributed by atoms with Gasteiger partial charge in [0.2, 0.25) is 10.0 Å². The maximum absolute atomic E-state index is 12.9. The molecule has 8 nitrogen and oxygen atoms in total. The van der Waals surface area contributed by atoms with Crippen molar-refractivity contribution in [2.75, 3.05) is 20.8 Å². The van der Waals surface area contributed by atoms with Gasteiger partial charge in [0, 0.05) is 13.1 Å². The number of nitrogens with one attached hydrogen (secondary N) is 2. The lowest BCUT2D eigenvalue weighted by atomic mass is 10.1. The maximum Gasteiger partial charge on any atom is 0.325 e. The van der Waals surface area contributed by atoms with E-state index in [2.05, 4.69) is 14.8 Å². The van der Waals surface area contributed by atoms with Crippen molar-refractivity contribution in [2.45, 2.75) is 44.8 Å². The molecular weight excluding hydrogens is 420 g/mol. The van der Waals surface area contributed by atoms with Gasteiger partial charge in [0.15, 0.2) is 0 Å². The summed E-state index contributed by atoms with van der Waals surface area (Å²) in [6.07, 6.45) is 0. The largest absolute Gasteiger partial charge is 0.496 e. The van der Waals surface area contributed by atoms with E-state index in [4.69, 9.17) is 4.74 Å². The first-order valence-corrected chi connectivity index (χ1v) is 11.3. The van der Waals surface area contributed by atoms with Crippen LogP contribution < -0.4 is 14.8 Å². The van der Waals surface area contributed by atoms with Crippen molar-refractivity contribution in [3.05, 3.63) is 58.1 Å². The minimum Gasteiger partial charge on any atom is -0.496 e. The SMILES string of the molecule is COC(=O)[C@@H](CO)NCc1ccc(CNS(=O)(=O)c2c(C)cc(OC)c(C)c2C)cc1. The van der Waals surface area contributed by atoms with Crippen LogP contribution in [0.15, 0.2) is 35.2 Å². The molecule has 0 heterocycles. The number of hydrogen-bond acceptors (Lipinski definition) is 7. The Balaban J connectivity index is 2.07. The number of aliphatic hydroxyl groups is 1. The van der Waals surface area contributed by atoms with Crippen molar-refractivity contribution < 1.29 is 27.8 Å². The van der Waals surface area contributed by atoms with Crippen molar-refractivity contribution in [3.8, 4) is 5.75 Å². The monoisotopic (exact) mass is 450 g/mol. The molecule has 1 atom stereocenters. The molecular formula is C22H30N2O6S. The number of carbonyl (C=O) groups is 1. The summed E-state index contributed by atoms with van der Waals surface area (Å²) < 4.78 is 38.5. The molecule has 2 aromatic carbocycles. The summed E-state index contributed by atoms with van der Waals surface area (Å²) in [7, 11) is -0.887. The highest BCUT2D eigenvalue weighted by Crippen LogP contribution is 2.30. The second kappa shape index (κ2) is 10.7. The van der Waals surface area contributed by atoms with Gasteiger partial charge in [0.1, 0.15) is 11.8 Å². The molecule has 0 radical (unpaired) electrons. The van der Waals surface area contributed by atoms with Gasteiger partial charge < -0.3 is 14.6 Å². The Bertz CT molecular complexity index is 1020. The smallest absolute Gasteiger partial charge is 0.325 e. The molecule has 0 amide bonds. The Hall–Kier alpha value is -2.46. The van der Waals surface area contributed by atoms with Gasteiger partial charge in [0.25, 0.3) is 0 Å². The zero-order chi connectivity index (χ0) is 23.2. The Kier molecular flexibility index (Phi) is 8.58. The van der Waals surface area contributed by atoms with Crippen LogP contribution in [0.25, 0.3) is 0 Å². The van der Waals surface area contributed by atoms with Crippen LogP contribution in [-0.2, 0) is 32.6 Å². The first-order valence-electron chi connectivity index (χ1n) is 9.79. The maximum atomic E-state index is 12.9. The van der Waals surface area contributed by atoms with Gasteiger partial charge in [-0.25, -0.2) is 13.1 Å². The summed E-state index contributed by atoms with van der Waals surface area (Å²) in [6, 6.07) is 8.21. The van der Waals surface area contributed by atoms with E-state index in [1.807, 2.05) is 31.2 Å². The molecule has 2 rings (SSSR count). The van der Waals surface area contributed by atoms with Crippen LogP contribution in [0.4, 0.5) is 0 Å². The molecule has 0 spiro atoms. The third-order valence-electron chi connectivity index (χ3n) is 5.18. The Morgan fingerprint density at radius 2 is 1.61 bits per heavy atom. The molecule has 31 heavy (non-hydrogen) atoms. The van der Waals surface area contributed by atoms with E-state index in [1.54, 1.807) is 27.0 Å². The van der Waals surface area contributed by atoms with Crippen LogP contribution in [-0.4, -0.2) is 46.4 Å². The first-order chi connectivity index (χ1) is 14.6. The van der Waals surface area contributed by atoms with Crippen LogP contribution in [0.3, 0.4) is 0 Å². The number of esters is 1. The van der Waals surface area contributed by atoms with Gasteiger partial charge in [0.05, 0.1) is 25.7 Å². The molecule has 0 unspecified atom stereocenters. The van der Waals surface area contributed by atoms with Crippen LogP contribution in [0, 0.1) is 20.8 Å². The van der Waals surface area contributed by atoms with Gasteiger partial charge in [-0.05, 0) is 54.7 Å². The number of carbonyl (C=O) groups excluding carboxylic acids is 1. The van der Waals surface area contributed by atoms with Crippen LogP contribution in [0.5, 0.6) is 5.75 Å². The Labute approximate surface area is 183 Å². The summed E-state index contributed by atoms with van der Waals surface area (Å²) in [5.41, 5.74) is 3.75. The number of methoxy groups -OCH3 is 2. The molecule has 170 valence electrons. The van der Waals surface area contributed by atoms with E-state index in [1.165, 1.54) is 7.11 Å². The molecule has 0 bridgehead atoms. The fraction of sp³-hybridized carbons (Fsp3) is 0.409. The summed E-state index contributed by atoms with van der Waals surface area (Å²) in [6.45, 7) is 5.49. The third kappa shape index (κ3) is 6.04. The molecule has 3 N–H and O–H groups in total. The number of benzene rings is 2. The number of aryl methyl sites for hydroxylation is 1. The zero-order valence-electron chi connectivity index (χ0n) is 18.5. The highest BCUT2D eigenvalue weighted by molar-refractivity contribution is 7.89. The van der Waals surface area contributed by atoms with E-state index in [0.717, 1.165) is 16.7 Å². The number of hydrogen-bond donors (Lipinski definition) is 3. The molecule has 0 aliphatic heterocycles. The number of sulfonamides is 1. The second-order valence-corrected chi connectivity index (χ2v) is 8.96. The average Bonchev–Trinajstić information content (AvgIpc) is 2.75. The number of rotatable bonds is 10. The predicted octanol–water partition coefficient (Wildman–Crippen LogP) is 1.72. The van der Waals surface area contributed by atoms with Gasteiger partial charge >= 0.3 is 5.97 Å². The fourth-order valence-electron chi connectivity index (χ4n) is 3.28. The van der Waals surface area contributed by atoms with Crippen molar-refractivity contribution in [1.82, 2.24) is 10.0 Å². The topological polar surface area (TPSA) is 114 Å². The Morgan fingerprint density at radius 3 is 2.13 bits per heavy atom. The van der Waals surface area contributed by atoms with Gasteiger partial charge in [-0.1, -0.05) is 24.3 Å². The van der Waals surface area contributed by atoms with Gasteiger partial charge in [-0.2, -0.15) is 0 Å². The lowest BCUT2D eigenvalue weighted by molar-refractivity contribution is -0.144. The summed E-state index contributed by atoms with van der Waals surface area (Å²) in [4.78, 5) is 11.8. The van der Waals surface area contributed by atoms with Crippen molar-refractivity contribution in [1.29, 1.82) is 0 Å². The lowest BCUT2D eigenvalue weighted by Crippen LogP contribution is -2.40. The zero-order valence-corrected chi connectivity index (χ0v) is 19.3. The molecule has 2 aromatic rings. The van der Waals surface area contributed by atoms with E-state index >= 15 is 0 Å². The predicted molar refractivity (Wildman–Crippen MR) is 117 cm³/mol. The van der Waals surface area contributed by atoms with E-state index in [9.17, 15) is 18.3 Å². The normalized spacial score (nSPS) is 12.5. The van der Waals surface area contributed by atoms with Gasteiger partial charge in [-0.3, -0.25) is 10.1 Å². The quantitative estimate of drug-likeness (QED) is 0.472. The van der Waals surface area contributed by atoms with E-state index in [0.29, 0.717) is 23.4 Å². The van der Waals surface area contributed by atoms with E-state index in [-0.39, 0.29) is 18.0 Å². The number of ether oxygens (including phenoxy) is 2. The van der Waals surface area contributed by atoms with Gasteiger partial charge in [-0.15, -0.1) is 0 Å². The van der Waals surface area contributed by atoms with Crippen molar-refractivity contribution >= 4 is 16.0 Å². The summed E-state index contributed by atoms with van der Waals surface area (Å²) >= 11 is 0. The molecule has 0 aliphatic rings. The highest BCUT2D eigenvalue weighted by Gasteiger charge is 2.22. The first kappa shape index (κ1) is 24.8. The fourth-order valence-corrected chi connectivity index (χ4v) is 4.82. The minimum atomic E-state index is -3.71. The average molecular weight is 451 g/mol. The van der Waals surface area contributed by atoms with Crippen molar-refractivity contribution in [2.24, 2.45) is 0 Å². The summed E-state index contributed by atoms with van der Waals surface area (Å²) in [5.74, 6) is 0.127. The van der Waals surface area contributed by atoms with Crippen LogP contribution >= 0.6 is 0 Å². The van der Waals surface area contributed by atoms with Crippen LogP contribution in [0.2, 0.25) is 0 Å². The van der Waals surface area contributed by atoms with E-state index < -0.39 is 22.0 Å². The second-order valence-electron chi connectivity index (χ2n) is 7.26. The van der Waals surface area contributed by atoms with Crippen molar-refractivity contribution in [3.63, 3.8) is 0 Å². The Morgan fingerprint density at radius 1 is 1.03 bits per heavy atom. The molecule has 0 fully saturated rings. The standard InChI is InChI=1S/C22H30N2O6S/c1-14-10-20(29-4)15(2)16(3)21(14)31(27,28)24-12-18-8-6-17(7-9-18)11-23-19(13-25)22(26)30-5/h6-10,19,23-25H,11-13H2,1-5H3/t19-/m1/s1. The highest BCUT2D eigenvalue weighted by atomic mass is 32.2. The minimum absolute atomic E-state index is 0.140. The molecule has 0 saturated heterocycles. The number of aliphatic hydroxyl groups excluding tert-OH is 1.